The Balaban J connectivity index is 1.83. The van der Waals surface area contributed by atoms with Gasteiger partial charge in [-0.1, -0.05) is 20.8 Å². The van der Waals surface area contributed by atoms with Gasteiger partial charge in [-0.25, -0.2) is 0 Å². The molecule has 6 atom stereocenters. The first-order valence-electron chi connectivity index (χ1n) is 11.3. The van der Waals surface area contributed by atoms with Crippen LogP contribution in [0.3, 0.4) is 0 Å². The predicted octanol–water partition coefficient (Wildman–Crippen LogP) is 0.207. The first kappa shape index (κ1) is 28.3. The van der Waals surface area contributed by atoms with Gasteiger partial charge in [-0.15, -0.1) is 23.2 Å². The maximum atomic E-state index is 13.4. The third kappa shape index (κ3) is 5.51. The van der Waals surface area contributed by atoms with Crippen LogP contribution in [0, 0.1) is 23.2 Å². The molecule has 0 aromatic heterocycles. The predicted molar refractivity (Wildman–Crippen MR) is 121 cm³/mol. The summed E-state index contributed by atoms with van der Waals surface area (Å²) in [7, 11) is 0. The molecule has 0 aromatic rings. The minimum Gasteiger partial charge on any atom is -0.368 e. The molecule has 0 radical (unpaired) electrons. The number of piperidine rings is 1. The molecule has 10 nitrogen and oxygen atoms in total. The number of primary amides is 1. The van der Waals surface area contributed by atoms with Crippen LogP contribution in [0.25, 0.3) is 0 Å². The lowest BCUT2D eigenvalue weighted by Gasteiger charge is -2.37. The molecule has 3 rings (SSSR count). The van der Waals surface area contributed by atoms with Gasteiger partial charge in [0, 0.05) is 30.8 Å². The molecule has 2 heterocycles. The molecule has 1 saturated carbocycles. The molecular formula is C21H28Cl2F3N5O5. The monoisotopic (exact) mass is 557 g/mol. The van der Waals surface area contributed by atoms with Crippen LogP contribution < -0.4 is 21.7 Å². The third-order valence-electron chi connectivity index (χ3n) is 6.87. The summed E-state index contributed by atoms with van der Waals surface area (Å²) in [4.78, 5) is 63.3. The molecule has 0 bridgehead atoms. The molecule has 5 amide bonds. The number of alkyl halides is 5. The van der Waals surface area contributed by atoms with Gasteiger partial charge >= 0.3 is 12.1 Å². The standard InChI is InChI=1S/C21H28Cl2F3N5O5/c1-19(2,3)13(30-18(36)21(24,25)26)17(35)31-7-9-11(20(9,22)23)12(31)16(34)29-10(14(27)32)6-8-4-5-28-15(8)33/h8-13H,4-7H2,1-3H3,(H2,27,32)(H,28,33)(H,29,34)(H,30,36)/t8-,9-,10-,11-,12-,13?/m0/s1. The molecule has 3 fully saturated rings. The van der Waals surface area contributed by atoms with Crippen LogP contribution in [0.4, 0.5) is 13.2 Å². The van der Waals surface area contributed by atoms with Crippen LogP contribution in [-0.2, 0) is 24.0 Å². The molecule has 3 aliphatic rings. The smallest absolute Gasteiger partial charge is 0.368 e. The van der Waals surface area contributed by atoms with Crippen molar-refractivity contribution in [2.45, 2.75) is 62.2 Å². The van der Waals surface area contributed by atoms with E-state index in [1.54, 1.807) is 5.32 Å². The van der Waals surface area contributed by atoms with Gasteiger partial charge in [0.2, 0.25) is 23.6 Å². The topological polar surface area (TPSA) is 151 Å². The van der Waals surface area contributed by atoms with E-state index in [1.165, 1.54) is 20.8 Å². The van der Waals surface area contributed by atoms with E-state index in [1.807, 2.05) is 0 Å². The van der Waals surface area contributed by atoms with Crippen molar-refractivity contribution in [2.24, 2.45) is 28.9 Å². The Morgan fingerprint density at radius 1 is 1.19 bits per heavy atom. The Morgan fingerprint density at radius 3 is 2.28 bits per heavy atom. The Labute approximate surface area is 215 Å². The summed E-state index contributed by atoms with van der Waals surface area (Å²) in [5, 5.41) is 6.80. The van der Waals surface area contributed by atoms with Crippen molar-refractivity contribution >= 4 is 52.7 Å². The lowest BCUT2D eigenvalue weighted by atomic mass is 9.85. The van der Waals surface area contributed by atoms with Gasteiger partial charge in [-0.05, 0) is 18.3 Å². The highest BCUT2D eigenvalue weighted by atomic mass is 35.5. The minimum atomic E-state index is -5.23. The number of rotatable bonds is 7. The first-order chi connectivity index (χ1) is 16.4. The molecule has 2 saturated heterocycles. The largest absolute Gasteiger partial charge is 0.471 e. The van der Waals surface area contributed by atoms with E-state index in [0.717, 1.165) is 4.90 Å². The number of carbonyl (C=O) groups excluding carboxylic acids is 5. The summed E-state index contributed by atoms with van der Waals surface area (Å²) in [5.41, 5.74) is 4.27. The molecular weight excluding hydrogens is 530 g/mol. The van der Waals surface area contributed by atoms with E-state index < -0.39 is 75.4 Å². The van der Waals surface area contributed by atoms with Crippen molar-refractivity contribution in [2.75, 3.05) is 13.1 Å². The minimum absolute atomic E-state index is 0.0686. The van der Waals surface area contributed by atoms with Crippen LogP contribution in [0.15, 0.2) is 0 Å². The number of hydrogen-bond acceptors (Lipinski definition) is 5. The third-order valence-corrected chi connectivity index (χ3v) is 7.94. The average Bonchev–Trinajstić information content (AvgIpc) is 3.09. The quantitative estimate of drug-likeness (QED) is 0.330. The Bertz CT molecular complexity index is 971. The highest BCUT2D eigenvalue weighted by molar-refractivity contribution is 6.51. The fraction of sp³-hybridized carbons (Fsp3) is 0.762. The van der Waals surface area contributed by atoms with E-state index in [-0.39, 0.29) is 18.9 Å². The van der Waals surface area contributed by atoms with Gasteiger partial charge in [0.25, 0.3) is 0 Å². The maximum absolute atomic E-state index is 13.4. The Kier molecular flexibility index (Phi) is 7.50. The molecule has 15 heteroatoms. The number of halogens is 5. The van der Waals surface area contributed by atoms with E-state index in [9.17, 15) is 37.1 Å². The van der Waals surface area contributed by atoms with Crippen molar-refractivity contribution in [1.82, 2.24) is 20.9 Å². The molecule has 1 unspecified atom stereocenters. The molecule has 2 aliphatic heterocycles. The number of nitrogens with zero attached hydrogens (tertiary/aromatic N) is 1. The number of fused-ring (bicyclic) bond motifs is 1. The number of nitrogens with two attached hydrogens (primary N) is 1. The van der Waals surface area contributed by atoms with Crippen molar-refractivity contribution in [3.8, 4) is 0 Å². The lowest BCUT2D eigenvalue weighted by Crippen LogP contribution is -2.61. The zero-order chi connectivity index (χ0) is 27.4. The van der Waals surface area contributed by atoms with Gasteiger partial charge in [0.1, 0.15) is 22.5 Å². The summed E-state index contributed by atoms with van der Waals surface area (Å²) in [6.07, 6.45) is -4.85. The highest BCUT2D eigenvalue weighted by Gasteiger charge is 2.74. The maximum Gasteiger partial charge on any atom is 0.471 e. The second-order valence-electron chi connectivity index (χ2n) is 10.5. The normalized spacial score (nSPS) is 28.6. The van der Waals surface area contributed by atoms with Crippen LogP contribution in [0.5, 0.6) is 0 Å². The van der Waals surface area contributed by atoms with Crippen LogP contribution >= 0.6 is 23.2 Å². The lowest BCUT2D eigenvalue weighted by molar-refractivity contribution is -0.176. The molecule has 202 valence electrons. The fourth-order valence-corrected chi connectivity index (χ4v) is 5.64. The number of likely N-dealkylation sites (tertiary alicyclic amines) is 1. The summed E-state index contributed by atoms with van der Waals surface area (Å²) in [5.74, 6) is -7.11. The van der Waals surface area contributed by atoms with E-state index in [4.69, 9.17) is 28.9 Å². The first-order valence-corrected chi connectivity index (χ1v) is 12.1. The van der Waals surface area contributed by atoms with Gasteiger partial charge in [-0.2, -0.15) is 13.2 Å². The number of carbonyl (C=O) groups is 5. The van der Waals surface area contributed by atoms with E-state index in [0.29, 0.717) is 13.0 Å². The number of nitrogens with one attached hydrogen (secondary N) is 3. The van der Waals surface area contributed by atoms with Crippen LogP contribution in [-0.4, -0.2) is 76.2 Å². The second-order valence-corrected chi connectivity index (χ2v) is 11.9. The average molecular weight is 558 g/mol. The van der Waals surface area contributed by atoms with Crippen LogP contribution in [0.1, 0.15) is 33.6 Å². The van der Waals surface area contributed by atoms with Gasteiger partial charge in [0.15, 0.2) is 0 Å². The zero-order valence-corrected chi connectivity index (χ0v) is 21.3. The van der Waals surface area contributed by atoms with Crippen molar-refractivity contribution in [1.29, 1.82) is 0 Å². The second kappa shape index (κ2) is 9.55. The summed E-state index contributed by atoms with van der Waals surface area (Å²) in [6, 6.07) is -4.21. The van der Waals surface area contributed by atoms with Gasteiger partial charge in [0.05, 0.1) is 0 Å². The van der Waals surface area contributed by atoms with E-state index in [2.05, 4.69) is 10.6 Å². The molecule has 5 N–H and O–H groups in total. The number of amides is 5. The zero-order valence-electron chi connectivity index (χ0n) is 19.7. The summed E-state index contributed by atoms with van der Waals surface area (Å²) < 4.78 is 37.4. The SMILES string of the molecule is CC(C)(C)C(NC(=O)C(F)(F)F)C(=O)N1C[C@H]2[C@@H]([C@H]1C(=O)N[C@@H](C[C@@H]1CCNC1=O)C(N)=O)C2(Cl)Cl. The molecule has 36 heavy (non-hydrogen) atoms. The fourth-order valence-electron chi connectivity index (χ4n) is 4.82. The van der Waals surface area contributed by atoms with Gasteiger partial charge in [-0.3, -0.25) is 24.0 Å². The van der Waals surface area contributed by atoms with Crippen molar-refractivity contribution < 1.29 is 37.1 Å². The van der Waals surface area contributed by atoms with Gasteiger partial charge < -0.3 is 26.6 Å². The molecule has 1 aliphatic carbocycles. The Morgan fingerprint density at radius 2 is 1.81 bits per heavy atom. The number of hydrogen-bond donors (Lipinski definition) is 4. The summed E-state index contributed by atoms with van der Waals surface area (Å²) in [6.45, 7) is 4.65. The Hall–Kier alpha value is -2.28. The molecule has 0 spiro atoms. The van der Waals surface area contributed by atoms with Crippen molar-refractivity contribution in [3.05, 3.63) is 0 Å². The van der Waals surface area contributed by atoms with Crippen LogP contribution in [0.2, 0.25) is 0 Å². The summed E-state index contributed by atoms with van der Waals surface area (Å²) >= 11 is 12.5. The van der Waals surface area contributed by atoms with Crippen molar-refractivity contribution in [3.63, 3.8) is 0 Å². The highest BCUT2D eigenvalue weighted by Crippen LogP contribution is 2.65. The van der Waals surface area contributed by atoms with E-state index >= 15 is 0 Å². The molecule has 0 aromatic carbocycles.